The summed E-state index contributed by atoms with van der Waals surface area (Å²) in [7, 11) is 1.56. The molecule has 6 nitrogen and oxygen atoms in total. The molecule has 0 saturated carbocycles. The van der Waals surface area contributed by atoms with Crippen molar-refractivity contribution in [2.75, 3.05) is 13.7 Å². The lowest BCUT2D eigenvalue weighted by Gasteiger charge is -2.20. The number of ketones is 3. The molecule has 51 heavy (non-hydrogen) atoms. The Balaban J connectivity index is 1.34. The van der Waals surface area contributed by atoms with E-state index in [0.29, 0.717) is 59.1 Å². The number of carbonyl (C=O) groups is 4. The maximum Gasteiger partial charge on any atom is 0.220 e. The summed E-state index contributed by atoms with van der Waals surface area (Å²) in [6.45, 7) is 8.43. The maximum atomic E-state index is 15.9. The van der Waals surface area contributed by atoms with Crippen molar-refractivity contribution < 1.29 is 28.3 Å². The van der Waals surface area contributed by atoms with Gasteiger partial charge in [-0.2, -0.15) is 0 Å². The van der Waals surface area contributed by atoms with Crippen LogP contribution < -0.4 is 10.1 Å². The van der Waals surface area contributed by atoms with Gasteiger partial charge in [0.15, 0.2) is 11.6 Å². The van der Waals surface area contributed by atoms with Gasteiger partial charge in [0.2, 0.25) is 5.91 Å². The zero-order valence-electron chi connectivity index (χ0n) is 30.4. The third kappa shape index (κ3) is 8.86. The zero-order chi connectivity index (χ0) is 36.8. The van der Waals surface area contributed by atoms with E-state index < -0.39 is 5.92 Å². The van der Waals surface area contributed by atoms with E-state index >= 15 is 4.39 Å². The first kappa shape index (κ1) is 38.1. The van der Waals surface area contributed by atoms with Crippen LogP contribution in [0.25, 0.3) is 22.3 Å². The molecule has 0 bridgehead atoms. The Labute approximate surface area is 306 Å². The monoisotopic (exact) mass is 713 g/mol. The van der Waals surface area contributed by atoms with Crippen molar-refractivity contribution in [2.24, 2.45) is 23.7 Å². The van der Waals surface area contributed by atoms with Crippen molar-refractivity contribution in [3.8, 4) is 28.0 Å². The average Bonchev–Trinajstić information content (AvgIpc) is 3.54. The molecule has 5 rings (SSSR count). The van der Waals surface area contributed by atoms with E-state index in [0.717, 1.165) is 48.1 Å². The molecular weight excluding hydrogens is 665 g/mol. The Bertz CT molecular complexity index is 1850. The molecule has 0 radical (unpaired) electrons. The second-order valence-corrected chi connectivity index (χ2v) is 14.8. The van der Waals surface area contributed by atoms with E-state index in [9.17, 15) is 19.2 Å². The van der Waals surface area contributed by atoms with Crippen LogP contribution in [0.5, 0.6) is 5.75 Å². The number of Topliss-reactive ketones (excluding diaryl/α,β-unsaturated/α-hetero) is 3. The van der Waals surface area contributed by atoms with Crippen LogP contribution in [0.4, 0.5) is 4.39 Å². The number of hydrogen-bond donors (Lipinski definition) is 1. The minimum absolute atomic E-state index is 0.0599. The normalized spacial score (nSPS) is 21.0. The Morgan fingerprint density at radius 1 is 1.02 bits per heavy atom. The molecule has 1 saturated heterocycles. The van der Waals surface area contributed by atoms with Gasteiger partial charge in [-0.05, 0) is 85.3 Å². The van der Waals surface area contributed by atoms with Crippen LogP contribution in [0.1, 0.15) is 82.4 Å². The molecule has 1 amide bonds. The smallest absolute Gasteiger partial charge is 0.220 e. The molecule has 1 heterocycles. The lowest BCUT2D eigenvalue weighted by atomic mass is 9.83. The molecule has 1 fully saturated rings. The largest absolute Gasteiger partial charge is 0.496 e. The number of nitrogens with one attached hydrogen (secondary N) is 1. The number of benzene rings is 3. The molecule has 4 atom stereocenters. The summed E-state index contributed by atoms with van der Waals surface area (Å²) in [6, 6.07) is 15.0. The molecule has 3 aromatic carbocycles. The summed E-state index contributed by atoms with van der Waals surface area (Å²) >= 11 is 7.10. The van der Waals surface area contributed by atoms with Gasteiger partial charge in [-0.25, -0.2) is 4.39 Å². The first-order valence-electron chi connectivity index (χ1n) is 18.2. The SMILES string of the molecule is CCC(CC[C@@H]1CNC(=O)C1)Cc1c(F)cc(-c2cccc(-c3cccc(CCC(=O)/C4=C/CC(C)C(=O)C(C)CC4=O)c3C)c2Cl)cc1OC. The van der Waals surface area contributed by atoms with Gasteiger partial charge in [0.25, 0.3) is 0 Å². The summed E-state index contributed by atoms with van der Waals surface area (Å²) in [6.07, 6.45) is 6.58. The van der Waals surface area contributed by atoms with Crippen LogP contribution in [-0.4, -0.2) is 36.9 Å². The lowest BCUT2D eigenvalue weighted by Crippen LogP contribution is -2.26. The van der Waals surface area contributed by atoms with Crippen molar-refractivity contribution in [1.29, 1.82) is 0 Å². The van der Waals surface area contributed by atoms with Gasteiger partial charge in [0, 0.05) is 54.3 Å². The van der Waals surface area contributed by atoms with Crippen molar-refractivity contribution in [3.63, 3.8) is 0 Å². The molecule has 3 unspecified atom stereocenters. The van der Waals surface area contributed by atoms with E-state index in [-0.39, 0.29) is 59.3 Å². The topological polar surface area (TPSA) is 89.5 Å². The van der Waals surface area contributed by atoms with Gasteiger partial charge in [0.05, 0.1) is 17.7 Å². The van der Waals surface area contributed by atoms with Crippen LogP contribution in [0.3, 0.4) is 0 Å². The second kappa shape index (κ2) is 16.9. The number of amides is 1. The highest BCUT2D eigenvalue weighted by atomic mass is 35.5. The lowest BCUT2D eigenvalue weighted by molar-refractivity contribution is -0.130. The van der Waals surface area contributed by atoms with Gasteiger partial charge in [-0.1, -0.05) is 81.3 Å². The fraction of sp³-hybridized carbons (Fsp3) is 0.442. The number of rotatable bonds is 13. The van der Waals surface area contributed by atoms with E-state index in [1.807, 2.05) is 56.3 Å². The van der Waals surface area contributed by atoms with Gasteiger partial charge >= 0.3 is 0 Å². The highest BCUT2D eigenvalue weighted by Crippen LogP contribution is 2.41. The predicted octanol–water partition coefficient (Wildman–Crippen LogP) is 9.25. The number of methoxy groups -OCH3 is 1. The van der Waals surface area contributed by atoms with E-state index in [4.69, 9.17) is 16.3 Å². The van der Waals surface area contributed by atoms with Crippen LogP contribution in [-0.2, 0) is 32.0 Å². The van der Waals surface area contributed by atoms with Crippen molar-refractivity contribution in [3.05, 3.63) is 87.7 Å². The quantitative estimate of drug-likeness (QED) is 0.179. The van der Waals surface area contributed by atoms with Gasteiger partial charge in [-0.15, -0.1) is 0 Å². The molecule has 1 aliphatic carbocycles. The van der Waals surface area contributed by atoms with Crippen LogP contribution in [0, 0.1) is 36.4 Å². The molecule has 0 spiro atoms. The van der Waals surface area contributed by atoms with E-state index in [2.05, 4.69) is 12.2 Å². The molecule has 1 N–H and O–H groups in total. The third-order valence-corrected chi connectivity index (χ3v) is 11.3. The Kier molecular flexibility index (Phi) is 12.7. The fourth-order valence-corrected chi connectivity index (χ4v) is 7.92. The standard InChI is InChI=1S/C43H49ClFNO5/c1-6-28(14-15-29-21-41(49)46-24-29)20-36-37(45)22-31(23-40(36)51-5)33-11-8-12-34(42(33)44)32-10-7-9-30(27(32)4)16-18-38(47)35-17-13-25(2)43(50)26(3)19-39(35)48/h7-12,17,22-23,25-26,28-29H,6,13-16,18-21,24H2,1-5H3,(H,46,49)/b35-17-/t25?,26?,28?,29-/m0/s1. The Hall–Kier alpha value is -4.10. The maximum absolute atomic E-state index is 15.9. The highest BCUT2D eigenvalue weighted by Gasteiger charge is 2.29. The molecule has 8 heteroatoms. The average molecular weight is 714 g/mol. The fourth-order valence-electron chi connectivity index (χ4n) is 7.59. The van der Waals surface area contributed by atoms with Gasteiger partial charge in [0.1, 0.15) is 17.3 Å². The highest BCUT2D eigenvalue weighted by molar-refractivity contribution is 6.36. The number of halogens is 2. The number of carbonyl (C=O) groups excluding carboxylic acids is 4. The van der Waals surface area contributed by atoms with Gasteiger partial charge < -0.3 is 10.1 Å². The van der Waals surface area contributed by atoms with Gasteiger partial charge in [-0.3, -0.25) is 19.2 Å². The van der Waals surface area contributed by atoms with Crippen molar-refractivity contribution in [1.82, 2.24) is 5.32 Å². The summed E-state index contributed by atoms with van der Waals surface area (Å²) in [4.78, 5) is 50.2. The first-order chi connectivity index (χ1) is 24.4. The molecule has 270 valence electrons. The summed E-state index contributed by atoms with van der Waals surface area (Å²) in [5, 5.41) is 3.39. The van der Waals surface area contributed by atoms with Crippen LogP contribution in [0.15, 0.2) is 60.2 Å². The van der Waals surface area contributed by atoms with Crippen molar-refractivity contribution in [2.45, 2.75) is 85.5 Å². The predicted molar refractivity (Wildman–Crippen MR) is 200 cm³/mol. The minimum atomic E-state index is -0.392. The number of hydrogen-bond acceptors (Lipinski definition) is 5. The number of aryl methyl sites for hydroxylation is 1. The van der Waals surface area contributed by atoms with E-state index in [1.165, 1.54) is 6.07 Å². The van der Waals surface area contributed by atoms with Crippen LogP contribution >= 0.6 is 11.6 Å². The first-order valence-corrected chi connectivity index (χ1v) is 18.6. The minimum Gasteiger partial charge on any atom is -0.496 e. The number of ether oxygens (including phenoxy) is 1. The second-order valence-electron chi connectivity index (χ2n) is 14.4. The molecule has 3 aromatic rings. The molecule has 2 aliphatic rings. The summed E-state index contributed by atoms with van der Waals surface area (Å²) in [5.41, 5.74) is 5.69. The van der Waals surface area contributed by atoms with E-state index in [1.54, 1.807) is 20.1 Å². The zero-order valence-corrected chi connectivity index (χ0v) is 31.1. The molecule has 1 aliphatic heterocycles. The Morgan fingerprint density at radius 3 is 2.45 bits per heavy atom. The number of allylic oxidation sites excluding steroid dienone is 2. The third-order valence-electron chi connectivity index (χ3n) is 10.9. The molecular formula is C43H49ClFNO5. The van der Waals surface area contributed by atoms with Crippen LogP contribution in [0.2, 0.25) is 5.02 Å². The molecule has 0 aromatic heterocycles. The Morgan fingerprint density at radius 2 is 1.75 bits per heavy atom. The summed E-state index contributed by atoms with van der Waals surface area (Å²) < 4.78 is 21.6. The van der Waals surface area contributed by atoms with Crippen molar-refractivity contribution >= 4 is 34.9 Å². The summed E-state index contributed by atoms with van der Waals surface area (Å²) in [5.74, 6) is -0.155.